The minimum atomic E-state index is -3.59. The maximum Gasteiger partial charge on any atom is 0.179 e. The SMILES string of the molecule is CS(=O)(=O)c1c(O)ccc2oc3ccc(Cl)cc3c12. The number of benzene rings is 2. The van der Waals surface area contributed by atoms with Crippen LogP contribution in [0.5, 0.6) is 5.75 Å². The molecule has 0 aliphatic rings. The lowest BCUT2D eigenvalue weighted by atomic mass is 10.1. The average Bonchev–Trinajstić information content (AvgIpc) is 2.65. The number of halogens is 1. The number of hydrogen-bond acceptors (Lipinski definition) is 4. The van der Waals surface area contributed by atoms with Crippen LogP contribution in [0.4, 0.5) is 0 Å². The van der Waals surface area contributed by atoms with Gasteiger partial charge in [0, 0.05) is 16.7 Å². The first-order valence-electron chi connectivity index (χ1n) is 5.42. The third-order valence-electron chi connectivity index (χ3n) is 2.90. The van der Waals surface area contributed by atoms with E-state index in [9.17, 15) is 13.5 Å². The molecule has 0 saturated heterocycles. The summed E-state index contributed by atoms with van der Waals surface area (Å²) in [6, 6.07) is 7.79. The van der Waals surface area contributed by atoms with E-state index in [2.05, 4.69) is 0 Å². The third-order valence-corrected chi connectivity index (χ3v) is 4.29. The van der Waals surface area contributed by atoms with Crippen molar-refractivity contribution in [3.63, 3.8) is 0 Å². The summed E-state index contributed by atoms with van der Waals surface area (Å²) in [5.74, 6) is -0.294. The molecule has 1 N–H and O–H groups in total. The van der Waals surface area contributed by atoms with Crippen molar-refractivity contribution in [3.8, 4) is 5.75 Å². The van der Waals surface area contributed by atoms with E-state index in [0.29, 0.717) is 27.0 Å². The number of rotatable bonds is 1. The lowest BCUT2D eigenvalue weighted by Crippen LogP contribution is -1.98. The summed E-state index contributed by atoms with van der Waals surface area (Å²) in [5, 5.41) is 11.2. The first-order valence-corrected chi connectivity index (χ1v) is 7.68. The van der Waals surface area contributed by atoms with Gasteiger partial charge in [0.05, 0.1) is 5.39 Å². The van der Waals surface area contributed by atoms with Gasteiger partial charge in [-0.25, -0.2) is 8.42 Å². The molecule has 6 heteroatoms. The summed E-state index contributed by atoms with van der Waals surface area (Å²) in [4.78, 5) is -0.133. The molecule has 4 nitrogen and oxygen atoms in total. The summed E-state index contributed by atoms with van der Waals surface area (Å²) in [5.41, 5.74) is 0.922. The maximum absolute atomic E-state index is 11.9. The van der Waals surface area contributed by atoms with Crippen molar-refractivity contribution in [2.75, 3.05) is 6.26 Å². The molecule has 0 unspecified atom stereocenters. The van der Waals surface area contributed by atoms with Gasteiger partial charge in [-0.05, 0) is 30.3 Å². The summed E-state index contributed by atoms with van der Waals surface area (Å²) >= 11 is 5.93. The molecular weight excluding hydrogens is 288 g/mol. The van der Waals surface area contributed by atoms with Crippen molar-refractivity contribution < 1.29 is 17.9 Å². The van der Waals surface area contributed by atoms with Crippen molar-refractivity contribution in [2.24, 2.45) is 0 Å². The second kappa shape index (κ2) is 3.88. The Hall–Kier alpha value is -1.72. The second-order valence-corrected chi connectivity index (χ2v) is 6.69. The lowest BCUT2D eigenvalue weighted by Gasteiger charge is -2.03. The zero-order valence-corrected chi connectivity index (χ0v) is 11.4. The highest BCUT2D eigenvalue weighted by Gasteiger charge is 2.21. The van der Waals surface area contributed by atoms with Crippen LogP contribution in [0.25, 0.3) is 21.9 Å². The Kier molecular flexibility index (Phi) is 2.52. The molecule has 0 atom stereocenters. The molecule has 0 spiro atoms. The van der Waals surface area contributed by atoms with Crippen LogP contribution in [0, 0.1) is 0 Å². The van der Waals surface area contributed by atoms with E-state index in [4.69, 9.17) is 16.0 Å². The molecule has 0 bridgehead atoms. The van der Waals surface area contributed by atoms with Crippen molar-refractivity contribution in [1.82, 2.24) is 0 Å². The highest BCUT2D eigenvalue weighted by Crippen LogP contribution is 2.38. The fourth-order valence-electron chi connectivity index (χ4n) is 2.17. The molecule has 1 aromatic heterocycles. The van der Waals surface area contributed by atoms with E-state index < -0.39 is 9.84 Å². The molecule has 3 rings (SSSR count). The monoisotopic (exact) mass is 296 g/mol. The Bertz CT molecular complexity index is 909. The standard InChI is InChI=1S/C13H9ClO4S/c1-19(16,17)13-9(15)3-5-11-12(13)8-6-7(14)2-4-10(8)18-11/h2-6,15H,1H3. The first-order chi connectivity index (χ1) is 8.88. The zero-order chi connectivity index (χ0) is 13.8. The lowest BCUT2D eigenvalue weighted by molar-refractivity contribution is 0.460. The van der Waals surface area contributed by atoms with Crippen LogP contribution in [0.3, 0.4) is 0 Å². The van der Waals surface area contributed by atoms with Gasteiger partial charge in [-0.2, -0.15) is 0 Å². The highest BCUT2D eigenvalue weighted by atomic mass is 35.5. The van der Waals surface area contributed by atoms with Crippen LogP contribution < -0.4 is 0 Å². The van der Waals surface area contributed by atoms with Crippen molar-refractivity contribution >= 4 is 43.4 Å². The number of furan rings is 1. The topological polar surface area (TPSA) is 67.5 Å². The molecule has 2 aromatic carbocycles. The summed E-state index contributed by atoms with van der Waals surface area (Å²) < 4.78 is 29.3. The van der Waals surface area contributed by atoms with Gasteiger partial charge in [-0.1, -0.05) is 11.6 Å². The largest absolute Gasteiger partial charge is 0.507 e. The smallest absolute Gasteiger partial charge is 0.179 e. The van der Waals surface area contributed by atoms with Crippen molar-refractivity contribution in [1.29, 1.82) is 0 Å². The molecular formula is C13H9ClO4S. The summed E-state index contributed by atoms with van der Waals surface area (Å²) in [6.07, 6.45) is 1.05. The number of aromatic hydroxyl groups is 1. The van der Waals surface area contributed by atoms with Gasteiger partial charge in [0.2, 0.25) is 0 Å². The molecule has 3 aromatic rings. The van der Waals surface area contributed by atoms with Gasteiger partial charge in [0.25, 0.3) is 0 Å². The third kappa shape index (κ3) is 1.86. The van der Waals surface area contributed by atoms with E-state index in [-0.39, 0.29) is 10.6 Å². The minimum absolute atomic E-state index is 0.133. The van der Waals surface area contributed by atoms with Gasteiger partial charge in [0.15, 0.2) is 9.84 Å². The molecule has 0 radical (unpaired) electrons. The minimum Gasteiger partial charge on any atom is -0.507 e. The van der Waals surface area contributed by atoms with E-state index in [0.717, 1.165) is 6.26 Å². The van der Waals surface area contributed by atoms with Crippen LogP contribution in [-0.4, -0.2) is 19.8 Å². The molecule has 98 valence electrons. The van der Waals surface area contributed by atoms with E-state index in [1.54, 1.807) is 18.2 Å². The van der Waals surface area contributed by atoms with Crippen molar-refractivity contribution in [3.05, 3.63) is 35.4 Å². The molecule has 1 heterocycles. The van der Waals surface area contributed by atoms with E-state index in [1.165, 1.54) is 12.1 Å². The molecule has 0 aliphatic heterocycles. The Balaban J connectivity index is 2.64. The van der Waals surface area contributed by atoms with Gasteiger partial charge in [0.1, 0.15) is 21.8 Å². The quantitative estimate of drug-likeness (QED) is 0.748. The number of sulfone groups is 1. The van der Waals surface area contributed by atoms with Crippen LogP contribution in [0.2, 0.25) is 5.02 Å². The van der Waals surface area contributed by atoms with Gasteiger partial charge in [-0.3, -0.25) is 0 Å². The Labute approximate surface area is 114 Å². The Morgan fingerprint density at radius 3 is 2.53 bits per heavy atom. The molecule has 0 fully saturated rings. The predicted molar refractivity (Wildman–Crippen MR) is 73.5 cm³/mol. The molecule has 19 heavy (non-hydrogen) atoms. The number of hydrogen-bond donors (Lipinski definition) is 1. The number of fused-ring (bicyclic) bond motifs is 3. The molecule has 0 aliphatic carbocycles. The summed E-state index contributed by atoms with van der Waals surface area (Å²) in [6.45, 7) is 0. The van der Waals surface area contributed by atoms with Crippen LogP contribution in [0.1, 0.15) is 0 Å². The fourth-order valence-corrected chi connectivity index (χ4v) is 3.38. The van der Waals surface area contributed by atoms with E-state index in [1.807, 2.05) is 0 Å². The number of phenolic OH excluding ortho intramolecular Hbond substituents is 1. The predicted octanol–water partition coefficient (Wildman–Crippen LogP) is 3.35. The van der Waals surface area contributed by atoms with Crippen LogP contribution in [-0.2, 0) is 9.84 Å². The fraction of sp³-hybridized carbons (Fsp3) is 0.0769. The van der Waals surface area contributed by atoms with Crippen LogP contribution >= 0.6 is 11.6 Å². The molecule has 0 amide bonds. The van der Waals surface area contributed by atoms with Gasteiger partial charge < -0.3 is 9.52 Å². The Morgan fingerprint density at radius 1 is 1.16 bits per heavy atom. The average molecular weight is 297 g/mol. The summed E-state index contributed by atoms with van der Waals surface area (Å²) in [7, 11) is -3.59. The van der Waals surface area contributed by atoms with Crippen molar-refractivity contribution in [2.45, 2.75) is 4.90 Å². The highest BCUT2D eigenvalue weighted by molar-refractivity contribution is 7.91. The Morgan fingerprint density at radius 2 is 1.84 bits per heavy atom. The van der Waals surface area contributed by atoms with Gasteiger partial charge >= 0.3 is 0 Å². The maximum atomic E-state index is 11.9. The normalized spacial score (nSPS) is 12.3. The number of phenols is 1. The van der Waals surface area contributed by atoms with Gasteiger partial charge in [-0.15, -0.1) is 0 Å². The first kappa shape index (κ1) is 12.3. The zero-order valence-electron chi connectivity index (χ0n) is 9.84. The van der Waals surface area contributed by atoms with Crippen LogP contribution in [0.15, 0.2) is 39.6 Å². The molecule has 0 saturated carbocycles. The second-order valence-electron chi connectivity index (χ2n) is 4.30. The van der Waals surface area contributed by atoms with E-state index >= 15 is 0 Å².